The van der Waals surface area contributed by atoms with E-state index >= 15 is 0 Å². The second kappa shape index (κ2) is 9.41. The van der Waals surface area contributed by atoms with Crippen molar-refractivity contribution in [2.24, 2.45) is 0 Å². The Morgan fingerprint density at radius 1 is 1.25 bits per heavy atom. The summed E-state index contributed by atoms with van der Waals surface area (Å²) in [4.78, 5) is 18.1. The minimum absolute atomic E-state index is 0.128. The van der Waals surface area contributed by atoms with Gasteiger partial charge in [-0.1, -0.05) is 46.6 Å². The molecule has 0 spiro atoms. The Hall–Kier alpha value is -2.09. The summed E-state index contributed by atoms with van der Waals surface area (Å²) in [6.45, 7) is 0.173. The quantitative estimate of drug-likeness (QED) is 0.513. The van der Waals surface area contributed by atoms with Gasteiger partial charge in [0.15, 0.2) is 0 Å². The SMILES string of the molecule is CN(Cc1nc(-c2ccccc2Cl)no1)C(=O)CSCc1ccc(Cl)cc1F. The zero-order chi connectivity index (χ0) is 20.1. The molecule has 0 saturated carbocycles. The van der Waals surface area contributed by atoms with Gasteiger partial charge in [0.1, 0.15) is 5.82 Å². The molecule has 0 N–H and O–H groups in total. The van der Waals surface area contributed by atoms with Crippen LogP contribution >= 0.6 is 35.0 Å². The lowest BCUT2D eigenvalue weighted by Gasteiger charge is -2.14. The van der Waals surface area contributed by atoms with E-state index in [4.69, 9.17) is 27.7 Å². The molecule has 3 rings (SSSR count). The molecule has 1 amide bonds. The van der Waals surface area contributed by atoms with Gasteiger partial charge in [0.25, 0.3) is 0 Å². The second-order valence-electron chi connectivity index (χ2n) is 5.97. The van der Waals surface area contributed by atoms with Crippen molar-refractivity contribution in [3.05, 3.63) is 69.8 Å². The van der Waals surface area contributed by atoms with Crippen molar-refractivity contribution in [1.29, 1.82) is 0 Å². The van der Waals surface area contributed by atoms with Crippen molar-refractivity contribution < 1.29 is 13.7 Å². The van der Waals surface area contributed by atoms with Crippen LogP contribution in [0.25, 0.3) is 11.4 Å². The molecule has 0 unspecified atom stereocenters. The number of hydrogen-bond acceptors (Lipinski definition) is 5. The highest BCUT2D eigenvalue weighted by atomic mass is 35.5. The number of amides is 1. The van der Waals surface area contributed by atoms with Gasteiger partial charge in [-0.25, -0.2) is 4.39 Å². The van der Waals surface area contributed by atoms with Crippen molar-refractivity contribution in [2.45, 2.75) is 12.3 Å². The van der Waals surface area contributed by atoms with E-state index < -0.39 is 0 Å². The summed E-state index contributed by atoms with van der Waals surface area (Å²) in [5.74, 6) is 0.744. The van der Waals surface area contributed by atoms with Gasteiger partial charge in [0.05, 0.1) is 17.3 Å². The van der Waals surface area contributed by atoms with Crippen LogP contribution in [-0.2, 0) is 17.1 Å². The first-order valence-electron chi connectivity index (χ1n) is 8.27. The summed E-state index contributed by atoms with van der Waals surface area (Å²) < 4.78 is 19.0. The Kier molecular flexibility index (Phi) is 6.93. The minimum Gasteiger partial charge on any atom is -0.337 e. The van der Waals surface area contributed by atoms with Gasteiger partial charge in [0.2, 0.25) is 17.6 Å². The van der Waals surface area contributed by atoms with Crippen LogP contribution in [0, 0.1) is 5.82 Å². The monoisotopic (exact) mass is 439 g/mol. The Morgan fingerprint density at radius 2 is 2.04 bits per heavy atom. The van der Waals surface area contributed by atoms with Gasteiger partial charge in [-0.2, -0.15) is 4.98 Å². The van der Waals surface area contributed by atoms with Crippen LogP contribution in [0.4, 0.5) is 4.39 Å². The van der Waals surface area contributed by atoms with Crippen LogP contribution < -0.4 is 0 Å². The van der Waals surface area contributed by atoms with Gasteiger partial charge in [-0.3, -0.25) is 4.79 Å². The lowest BCUT2D eigenvalue weighted by Crippen LogP contribution is -2.28. The van der Waals surface area contributed by atoms with Crippen LogP contribution in [0.2, 0.25) is 10.0 Å². The highest BCUT2D eigenvalue weighted by molar-refractivity contribution is 7.99. The van der Waals surface area contributed by atoms with E-state index in [-0.39, 0.29) is 24.0 Å². The van der Waals surface area contributed by atoms with Gasteiger partial charge in [-0.05, 0) is 29.8 Å². The molecular formula is C19H16Cl2FN3O2S. The molecule has 28 heavy (non-hydrogen) atoms. The smallest absolute Gasteiger partial charge is 0.246 e. The maximum atomic E-state index is 13.8. The van der Waals surface area contributed by atoms with E-state index in [2.05, 4.69) is 10.1 Å². The molecule has 5 nitrogen and oxygen atoms in total. The van der Waals surface area contributed by atoms with Crippen LogP contribution in [0.5, 0.6) is 0 Å². The normalized spacial score (nSPS) is 10.9. The Morgan fingerprint density at radius 3 is 2.79 bits per heavy atom. The molecule has 0 aliphatic carbocycles. The average Bonchev–Trinajstić information content (AvgIpc) is 3.12. The van der Waals surface area contributed by atoms with Crippen LogP contribution in [0.3, 0.4) is 0 Å². The van der Waals surface area contributed by atoms with E-state index in [9.17, 15) is 9.18 Å². The number of halogens is 3. The summed E-state index contributed by atoms with van der Waals surface area (Å²) >= 11 is 13.2. The molecule has 3 aromatic rings. The first-order valence-corrected chi connectivity index (χ1v) is 10.2. The maximum Gasteiger partial charge on any atom is 0.246 e. The van der Waals surface area contributed by atoms with Crippen molar-refractivity contribution in [1.82, 2.24) is 15.0 Å². The molecular weight excluding hydrogens is 424 g/mol. The fraction of sp³-hybridized carbons (Fsp3) is 0.211. The second-order valence-corrected chi connectivity index (χ2v) is 7.80. The molecule has 0 atom stereocenters. The number of carbonyl (C=O) groups excluding carboxylic acids is 1. The fourth-order valence-corrected chi connectivity index (χ4v) is 3.69. The van der Waals surface area contributed by atoms with E-state index in [1.807, 2.05) is 12.1 Å². The molecule has 1 aromatic heterocycles. The van der Waals surface area contributed by atoms with Crippen LogP contribution in [0.15, 0.2) is 47.0 Å². The standard InChI is InChI=1S/C19H16Cl2FN3O2S/c1-25(18(26)11-28-10-12-6-7-13(20)8-16(12)22)9-17-23-19(24-27-17)14-4-2-3-5-15(14)21/h2-8H,9-11H2,1H3. The van der Waals surface area contributed by atoms with Crippen molar-refractivity contribution in [3.63, 3.8) is 0 Å². The fourth-order valence-electron chi connectivity index (χ4n) is 2.36. The Balaban J connectivity index is 1.52. The maximum absolute atomic E-state index is 13.8. The summed E-state index contributed by atoms with van der Waals surface area (Å²) in [7, 11) is 1.64. The zero-order valence-electron chi connectivity index (χ0n) is 14.9. The van der Waals surface area contributed by atoms with Crippen molar-refractivity contribution in [3.8, 4) is 11.4 Å². The number of carbonyl (C=O) groups is 1. The average molecular weight is 440 g/mol. The van der Waals surface area contributed by atoms with Gasteiger partial charge >= 0.3 is 0 Å². The summed E-state index contributed by atoms with van der Waals surface area (Å²) in [5.41, 5.74) is 1.17. The van der Waals surface area contributed by atoms with E-state index in [1.165, 1.54) is 22.7 Å². The highest BCUT2D eigenvalue weighted by Crippen LogP contribution is 2.25. The number of aromatic nitrogens is 2. The van der Waals surface area contributed by atoms with Gasteiger partial charge < -0.3 is 9.42 Å². The van der Waals surface area contributed by atoms with Crippen LogP contribution in [0.1, 0.15) is 11.5 Å². The number of rotatable bonds is 7. The lowest BCUT2D eigenvalue weighted by atomic mass is 10.2. The molecule has 0 radical (unpaired) electrons. The lowest BCUT2D eigenvalue weighted by molar-refractivity contribution is -0.127. The van der Waals surface area contributed by atoms with E-state index in [0.717, 1.165) is 0 Å². The third kappa shape index (κ3) is 5.25. The molecule has 0 aliphatic heterocycles. The molecule has 1 heterocycles. The number of nitrogens with zero attached hydrogens (tertiary/aromatic N) is 3. The van der Waals surface area contributed by atoms with Gasteiger partial charge in [-0.15, -0.1) is 11.8 Å². The van der Waals surface area contributed by atoms with E-state index in [1.54, 1.807) is 31.3 Å². The predicted octanol–water partition coefficient (Wildman–Crippen LogP) is 5.07. The molecule has 0 saturated heterocycles. The third-order valence-electron chi connectivity index (χ3n) is 3.88. The largest absolute Gasteiger partial charge is 0.337 e. The number of benzene rings is 2. The molecule has 0 fully saturated rings. The molecule has 9 heteroatoms. The first-order chi connectivity index (χ1) is 13.4. The molecule has 0 bridgehead atoms. The summed E-state index contributed by atoms with van der Waals surface area (Å²) in [5, 5.41) is 4.78. The zero-order valence-corrected chi connectivity index (χ0v) is 17.2. The van der Waals surface area contributed by atoms with Crippen LogP contribution in [-0.4, -0.2) is 33.7 Å². The predicted molar refractivity (Wildman–Crippen MR) is 109 cm³/mol. The summed E-state index contributed by atoms with van der Waals surface area (Å²) in [6.07, 6.45) is 0. The first kappa shape index (κ1) is 20.6. The molecule has 2 aromatic carbocycles. The van der Waals surface area contributed by atoms with Crippen molar-refractivity contribution >= 4 is 40.9 Å². The van der Waals surface area contributed by atoms with E-state index in [0.29, 0.717) is 38.6 Å². The topological polar surface area (TPSA) is 59.2 Å². The highest BCUT2D eigenvalue weighted by Gasteiger charge is 2.16. The molecule has 0 aliphatic rings. The summed E-state index contributed by atoms with van der Waals surface area (Å²) in [6, 6.07) is 11.7. The van der Waals surface area contributed by atoms with Crippen molar-refractivity contribution in [2.75, 3.05) is 12.8 Å². The minimum atomic E-state index is -0.376. The Labute approximate surface area is 175 Å². The number of hydrogen-bond donors (Lipinski definition) is 0. The third-order valence-corrected chi connectivity index (χ3v) is 5.41. The Bertz CT molecular complexity index is 983. The van der Waals surface area contributed by atoms with Gasteiger partial charge in [0, 0.05) is 23.4 Å². The molecule has 146 valence electrons. The number of thioether (sulfide) groups is 1.